The number of nitrogens with zero attached hydrogens (tertiary/aromatic N) is 1. The maximum absolute atomic E-state index is 11.4. The summed E-state index contributed by atoms with van der Waals surface area (Å²) < 4.78 is 11.4. The van der Waals surface area contributed by atoms with Gasteiger partial charge in [-0.15, -0.1) is 0 Å². The number of hydrogen-bond acceptors (Lipinski definition) is 3. The van der Waals surface area contributed by atoms with Crippen LogP contribution in [0.15, 0.2) is 30.3 Å². The summed E-state index contributed by atoms with van der Waals surface area (Å²) >= 11 is 0. The lowest BCUT2D eigenvalue weighted by Gasteiger charge is -2.26. The zero-order valence-corrected chi connectivity index (χ0v) is 12.8. The smallest absolute Gasteiger partial charge is 0.0249 e. The molecule has 110 valence electrons. The van der Waals surface area contributed by atoms with Crippen molar-refractivity contribution in [2.75, 3.05) is 24.6 Å². The molecule has 2 fully saturated rings. The lowest BCUT2D eigenvalue weighted by Crippen LogP contribution is -2.43. The monoisotopic (exact) mass is 292 g/mol. The predicted octanol–water partition coefficient (Wildman–Crippen LogP) is 1.76. The van der Waals surface area contributed by atoms with Gasteiger partial charge in [-0.3, -0.25) is 9.11 Å². The summed E-state index contributed by atoms with van der Waals surface area (Å²) in [4.78, 5) is 2.54. The van der Waals surface area contributed by atoms with Crippen LogP contribution in [-0.2, 0) is 17.3 Å². The van der Waals surface area contributed by atoms with Gasteiger partial charge in [0.2, 0.25) is 0 Å². The summed E-state index contributed by atoms with van der Waals surface area (Å²) in [5, 5.41) is 3.78. The molecule has 2 saturated heterocycles. The first-order valence-electron chi connectivity index (χ1n) is 7.67. The molecule has 2 heterocycles. The lowest BCUT2D eigenvalue weighted by atomic mass is 10.1. The normalized spacial score (nSPS) is 31.5. The Morgan fingerprint density at radius 1 is 1.10 bits per heavy atom. The van der Waals surface area contributed by atoms with Gasteiger partial charge in [-0.1, -0.05) is 30.3 Å². The Morgan fingerprint density at radius 2 is 1.85 bits per heavy atom. The van der Waals surface area contributed by atoms with E-state index in [0.29, 0.717) is 12.1 Å². The quantitative estimate of drug-likeness (QED) is 0.918. The van der Waals surface area contributed by atoms with Gasteiger partial charge < -0.3 is 5.32 Å². The first-order valence-corrected chi connectivity index (χ1v) is 9.16. The summed E-state index contributed by atoms with van der Waals surface area (Å²) in [5.41, 5.74) is 1.40. The fourth-order valence-electron chi connectivity index (χ4n) is 3.25. The molecule has 2 aliphatic heterocycles. The van der Waals surface area contributed by atoms with Gasteiger partial charge in [-0.05, 0) is 24.8 Å². The molecule has 1 N–H and O–H groups in total. The molecular formula is C16H24N2OS. The molecule has 1 atom stereocenters. The Bertz CT molecular complexity index is 441. The largest absolute Gasteiger partial charge is 0.310 e. The molecule has 20 heavy (non-hydrogen) atoms. The van der Waals surface area contributed by atoms with Crippen molar-refractivity contribution in [2.24, 2.45) is 0 Å². The van der Waals surface area contributed by atoms with Crippen LogP contribution in [0.1, 0.15) is 24.8 Å². The first-order chi connectivity index (χ1) is 9.79. The third kappa shape index (κ3) is 3.90. The zero-order chi connectivity index (χ0) is 13.8. The van der Waals surface area contributed by atoms with Crippen LogP contribution in [0.5, 0.6) is 0 Å². The SMILES string of the molecule is O=S1CCC(NC2CCN(Cc3ccccc3)C2)CC1. The zero-order valence-electron chi connectivity index (χ0n) is 12.0. The van der Waals surface area contributed by atoms with Crippen LogP contribution in [0, 0.1) is 0 Å². The van der Waals surface area contributed by atoms with Crippen molar-refractivity contribution in [3.05, 3.63) is 35.9 Å². The Labute approximate surface area is 124 Å². The van der Waals surface area contributed by atoms with Crippen molar-refractivity contribution in [2.45, 2.75) is 37.9 Å². The summed E-state index contributed by atoms with van der Waals surface area (Å²) in [5.74, 6) is 1.77. The molecule has 1 aromatic rings. The van der Waals surface area contributed by atoms with Gasteiger partial charge in [0, 0.05) is 54.0 Å². The maximum Gasteiger partial charge on any atom is 0.0249 e. The van der Waals surface area contributed by atoms with Crippen molar-refractivity contribution in [1.29, 1.82) is 0 Å². The highest BCUT2D eigenvalue weighted by Gasteiger charge is 2.26. The van der Waals surface area contributed by atoms with Gasteiger partial charge >= 0.3 is 0 Å². The van der Waals surface area contributed by atoms with Gasteiger partial charge in [-0.2, -0.15) is 0 Å². The molecule has 3 nitrogen and oxygen atoms in total. The second-order valence-electron chi connectivity index (χ2n) is 6.00. The van der Waals surface area contributed by atoms with Crippen molar-refractivity contribution in [1.82, 2.24) is 10.2 Å². The predicted molar refractivity (Wildman–Crippen MR) is 84.2 cm³/mol. The summed E-state index contributed by atoms with van der Waals surface area (Å²) in [6.45, 7) is 3.40. The van der Waals surface area contributed by atoms with Crippen molar-refractivity contribution in [3.8, 4) is 0 Å². The molecule has 4 heteroatoms. The Balaban J connectivity index is 1.44. The third-order valence-corrected chi connectivity index (χ3v) is 5.76. The van der Waals surface area contributed by atoms with Crippen molar-refractivity contribution in [3.63, 3.8) is 0 Å². The van der Waals surface area contributed by atoms with Crippen LogP contribution in [-0.4, -0.2) is 45.8 Å². The average molecular weight is 292 g/mol. The molecule has 0 amide bonds. The fraction of sp³-hybridized carbons (Fsp3) is 0.625. The summed E-state index contributed by atoms with van der Waals surface area (Å²) in [7, 11) is -0.548. The molecule has 0 spiro atoms. The highest BCUT2D eigenvalue weighted by molar-refractivity contribution is 7.85. The van der Waals surface area contributed by atoms with Crippen LogP contribution in [0.3, 0.4) is 0 Å². The van der Waals surface area contributed by atoms with E-state index in [9.17, 15) is 4.21 Å². The summed E-state index contributed by atoms with van der Waals surface area (Å²) in [6, 6.07) is 11.9. The van der Waals surface area contributed by atoms with Crippen molar-refractivity contribution >= 4 is 10.8 Å². The Hall–Kier alpha value is -0.710. The molecule has 3 rings (SSSR count). The minimum atomic E-state index is -0.548. The highest BCUT2D eigenvalue weighted by Crippen LogP contribution is 2.16. The van der Waals surface area contributed by atoms with E-state index in [1.54, 1.807) is 0 Å². The van der Waals surface area contributed by atoms with Gasteiger partial charge in [0.25, 0.3) is 0 Å². The number of benzene rings is 1. The fourth-order valence-corrected chi connectivity index (χ4v) is 4.55. The summed E-state index contributed by atoms with van der Waals surface area (Å²) in [6.07, 6.45) is 3.41. The van der Waals surface area contributed by atoms with Gasteiger partial charge in [0.1, 0.15) is 0 Å². The van der Waals surface area contributed by atoms with E-state index in [4.69, 9.17) is 0 Å². The molecule has 0 aromatic heterocycles. The van der Waals surface area contributed by atoms with E-state index in [0.717, 1.165) is 37.4 Å². The minimum absolute atomic E-state index is 0.548. The standard InChI is InChI=1S/C16H24N2OS/c19-20-10-7-15(8-11-20)17-16-6-9-18(13-16)12-14-4-2-1-3-5-14/h1-5,15-17H,6-13H2. The molecule has 2 aliphatic rings. The maximum atomic E-state index is 11.4. The third-order valence-electron chi connectivity index (χ3n) is 4.38. The first kappa shape index (κ1) is 14.2. The van der Waals surface area contributed by atoms with Crippen LogP contribution in [0.4, 0.5) is 0 Å². The second kappa shape index (κ2) is 6.83. The number of nitrogens with one attached hydrogen (secondary N) is 1. The molecule has 0 radical (unpaired) electrons. The molecule has 0 saturated carbocycles. The number of rotatable bonds is 4. The molecule has 0 aliphatic carbocycles. The number of likely N-dealkylation sites (tertiary alicyclic amines) is 1. The van der Waals surface area contributed by atoms with Gasteiger partial charge in [0.05, 0.1) is 0 Å². The Morgan fingerprint density at radius 3 is 2.60 bits per heavy atom. The number of hydrogen-bond donors (Lipinski definition) is 1. The van der Waals surface area contributed by atoms with Crippen LogP contribution in [0.2, 0.25) is 0 Å². The van der Waals surface area contributed by atoms with Crippen LogP contribution in [0.25, 0.3) is 0 Å². The molecule has 0 bridgehead atoms. The van der Waals surface area contributed by atoms with Gasteiger partial charge in [0.15, 0.2) is 0 Å². The van der Waals surface area contributed by atoms with E-state index in [2.05, 4.69) is 40.5 Å². The molecular weight excluding hydrogens is 268 g/mol. The van der Waals surface area contributed by atoms with Crippen molar-refractivity contribution < 1.29 is 4.21 Å². The minimum Gasteiger partial charge on any atom is -0.310 e. The van der Waals surface area contributed by atoms with E-state index < -0.39 is 10.8 Å². The van der Waals surface area contributed by atoms with E-state index in [1.807, 2.05) is 0 Å². The highest BCUT2D eigenvalue weighted by atomic mass is 32.2. The van der Waals surface area contributed by atoms with E-state index in [1.165, 1.54) is 18.5 Å². The molecule has 1 unspecified atom stereocenters. The van der Waals surface area contributed by atoms with E-state index in [-0.39, 0.29) is 0 Å². The average Bonchev–Trinajstić information content (AvgIpc) is 2.90. The lowest BCUT2D eigenvalue weighted by molar-refractivity contribution is 0.312. The Kier molecular flexibility index (Phi) is 4.86. The molecule has 1 aromatic carbocycles. The van der Waals surface area contributed by atoms with Crippen LogP contribution >= 0.6 is 0 Å². The van der Waals surface area contributed by atoms with E-state index >= 15 is 0 Å². The van der Waals surface area contributed by atoms with Gasteiger partial charge in [-0.25, -0.2) is 0 Å². The van der Waals surface area contributed by atoms with Crippen LogP contribution < -0.4 is 5.32 Å². The second-order valence-corrected chi connectivity index (χ2v) is 7.69. The topological polar surface area (TPSA) is 32.3 Å².